The van der Waals surface area contributed by atoms with Crippen molar-refractivity contribution in [2.75, 3.05) is 19.6 Å². The lowest BCUT2D eigenvalue weighted by Gasteiger charge is -2.31. The van der Waals surface area contributed by atoms with E-state index in [2.05, 4.69) is 57.0 Å². The van der Waals surface area contributed by atoms with E-state index in [1.807, 2.05) is 0 Å². The van der Waals surface area contributed by atoms with Gasteiger partial charge in [-0.05, 0) is 74.9 Å². The van der Waals surface area contributed by atoms with E-state index in [1.165, 1.54) is 48.2 Å². The second kappa shape index (κ2) is 7.42. The van der Waals surface area contributed by atoms with Crippen LogP contribution in [0.5, 0.6) is 0 Å². The van der Waals surface area contributed by atoms with Gasteiger partial charge in [-0.1, -0.05) is 26.0 Å². The van der Waals surface area contributed by atoms with Crippen LogP contribution in [-0.2, 0) is 6.54 Å². The summed E-state index contributed by atoms with van der Waals surface area (Å²) in [7, 11) is 0. The van der Waals surface area contributed by atoms with Crippen LogP contribution < -0.4 is 5.32 Å². The lowest BCUT2D eigenvalue weighted by molar-refractivity contribution is 0.186. The molecule has 0 radical (unpaired) electrons. The van der Waals surface area contributed by atoms with Crippen molar-refractivity contribution in [3.8, 4) is 0 Å². The van der Waals surface area contributed by atoms with Crippen molar-refractivity contribution in [3.05, 3.63) is 34.4 Å². The van der Waals surface area contributed by atoms with Crippen LogP contribution in [0.1, 0.15) is 48.9 Å². The van der Waals surface area contributed by atoms with Gasteiger partial charge in [-0.3, -0.25) is 4.90 Å². The zero-order valence-corrected chi connectivity index (χ0v) is 14.5. The topological polar surface area (TPSA) is 15.3 Å². The summed E-state index contributed by atoms with van der Waals surface area (Å²) in [4.78, 5) is 2.67. The van der Waals surface area contributed by atoms with Gasteiger partial charge in [0.25, 0.3) is 0 Å². The van der Waals surface area contributed by atoms with Gasteiger partial charge in [0, 0.05) is 19.1 Å². The lowest BCUT2D eigenvalue weighted by Crippen LogP contribution is -2.44. The predicted octanol–water partition coefficient (Wildman–Crippen LogP) is 3.82. The minimum Gasteiger partial charge on any atom is -0.311 e. The normalized spacial score (nSPS) is 17.6. The molecule has 1 aromatic carbocycles. The van der Waals surface area contributed by atoms with E-state index >= 15 is 0 Å². The molecular weight excluding hydrogens is 256 g/mol. The Hall–Kier alpha value is -0.860. The number of aryl methyl sites for hydroxylation is 3. The summed E-state index contributed by atoms with van der Waals surface area (Å²) < 4.78 is 0. The zero-order valence-electron chi connectivity index (χ0n) is 14.5. The molecule has 1 fully saturated rings. The number of likely N-dealkylation sites (tertiary alicyclic amines) is 1. The summed E-state index contributed by atoms with van der Waals surface area (Å²) in [5, 5.41) is 3.71. The van der Waals surface area contributed by atoms with Gasteiger partial charge >= 0.3 is 0 Å². The van der Waals surface area contributed by atoms with E-state index in [0.717, 1.165) is 19.0 Å². The van der Waals surface area contributed by atoms with Crippen LogP contribution >= 0.6 is 0 Å². The Balaban J connectivity index is 1.91. The zero-order chi connectivity index (χ0) is 15.4. The van der Waals surface area contributed by atoms with E-state index in [0.29, 0.717) is 6.04 Å². The molecule has 1 aromatic rings. The second-order valence-electron chi connectivity index (χ2n) is 7.05. The fraction of sp³-hybridized carbons (Fsp3) is 0.684. The van der Waals surface area contributed by atoms with Crippen LogP contribution in [0.2, 0.25) is 0 Å². The van der Waals surface area contributed by atoms with Gasteiger partial charge in [0.15, 0.2) is 0 Å². The van der Waals surface area contributed by atoms with Gasteiger partial charge < -0.3 is 5.32 Å². The molecule has 2 nitrogen and oxygen atoms in total. The minimum atomic E-state index is 0.680. The first-order chi connectivity index (χ1) is 9.99. The average molecular weight is 288 g/mol. The molecule has 1 unspecified atom stereocenters. The molecule has 1 saturated heterocycles. The Morgan fingerprint density at radius 1 is 1.00 bits per heavy atom. The fourth-order valence-corrected chi connectivity index (χ4v) is 3.43. The summed E-state index contributed by atoms with van der Waals surface area (Å²) in [6, 6.07) is 5.34. The molecule has 1 heterocycles. The SMILES string of the molecule is Cc1cc(C)c(CNCC(C(C)C)N2CCCC2)cc1C. The molecule has 1 aliphatic heterocycles. The highest BCUT2D eigenvalue weighted by atomic mass is 15.2. The third-order valence-corrected chi connectivity index (χ3v) is 5.00. The molecular formula is C19H32N2. The van der Waals surface area contributed by atoms with Crippen LogP contribution in [0, 0.1) is 26.7 Å². The minimum absolute atomic E-state index is 0.680. The van der Waals surface area contributed by atoms with Gasteiger partial charge in [0.2, 0.25) is 0 Å². The number of nitrogens with one attached hydrogen (secondary N) is 1. The fourth-order valence-electron chi connectivity index (χ4n) is 3.43. The Morgan fingerprint density at radius 3 is 2.24 bits per heavy atom. The Kier molecular flexibility index (Phi) is 5.83. The molecule has 0 aliphatic carbocycles. The van der Waals surface area contributed by atoms with Gasteiger partial charge in [-0.25, -0.2) is 0 Å². The molecule has 2 heteroatoms. The van der Waals surface area contributed by atoms with Crippen molar-refractivity contribution in [3.63, 3.8) is 0 Å². The Labute approximate surface area is 130 Å². The summed E-state index contributed by atoms with van der Waals surface area (Å²) >= 11 is 0. The highest BCUT2D eigenvalue weighted by Gasteiger charge is 2.24. The van der Waals surface area contributed by atoms with Crippen LogP contribution in [0.3, 0.4) is 0 Å². The number of hydrogen-bond acceptors (Lipinski definition) is 2. The van der Waals surface area contributed by atoms with Crippen LogP contribution in [0.25, 0.3) is 0 Å². The highest BCUT2D eigenvalue weighted by molar-refractivity contribution is 5.36. The van der Waals surface area contributed by atoms with Crippen molar-refractivity contribution in [2.45, 2.75) is 60.0 Å². The van der Waals surface area contributed by atoms with E-state index in [-0.39, 0.29) is 0 Å². The summed E-state index contributed by atoms with van der Waals surface area (Å²) in [5.41, 5.74) is 5.65. The van der Waals surface area contributed by atoms with E-state index in [4.69, 9.17) is 0 Å². The molecule has 1 atom stereocenters. The van der Waals surface area contributed by atoms with Gasteiger partial charge in [-0.2, -0.15) is 0 Å². The average Bonchev–Trinajstić information content (AvgIpc) is 2.93. The van der Waals surface area contributed by atoms with E-state index in [1.54, 1.807) is 0 Å². The van der Waals surface area contributed by atoms with E-state index in [9.17, 15) is 0 Å². The molecule has 0 spiro atoms. The largest absolute Gasteiger partial charge is 0.311 e. The third-order valence-electron chi connectivity index (χ3n) is 5.00. The maximum atomic E-state index is 3.71. The second-order valence-corrected chi connectivity index (χ2v) is 7.05. The number of hydrogen-bond donors (Lipinski definition) is 1. The molecule has 1 N–H and O–H groups in total. The molecule has 0 saturated carbocycles. The van der Waals surface area contributed by atoms with Gasteiger partial charge in [-0.15, -0.1) is 0 Å². The van der Waals surface area contributed by atoms with Crippen LogP contribution in [0.15, 0.2) is 12.1 Å². The first kappa shape index (κ1) is 16.5. The summed E-state index contributed by atoms with van der Waals surface area (Å²) in [6.07, 6.45) is 2.75. The maximum Gasteiger partial charge on any atom is 0.0243 e. The maximum absolute atomic E-state index is 3.71. The first-order valence-corrected chi connectivity index (χ1v) is 8.50. The van der Waals surface area contributed by atoms with E-state index < -0.39 is 0 Å². The van der Waals surface area contributed by atoms with Crippen LogP contribution in [-0.4, -0.2) is 30.6 Å². The van der Waals surface area contributed by atoms with Crippen molar-refractivity contribution in [1.29, 1.82) is 0 Å². The van der Waals surface area contributed by atoms with Crippen molar-refractivity contribution in [2.24, 2.45) is 5.92 Å². The van der Waals surface area contributed by atoms with Gasteiger partial charge in [0.1, 0.15) is 0 Å². The summed E-state index contributed by atoms with van der Waals surface area (Å²) in [6.45, 7) is 16.0. The van der Waals surface area contributed by atoms with Crippen molar-refractivity contribution in [1.82, 2.24) is 10.2 Å². The first-order valence-electron chi connectivity index (χ1n) is 8.50. The number of nitrogens with zero attached hydrogens (tertiary/aromatic N) is 1. The van der Waals surface area contributed by atoms with Gasteiger partial charge in [0.05, 0.1) is 0 Å². The van der Waals surface area contributed by atoms with Crippen LogP contribution in [0.4, 0.5) is 0 Å². The standard InChI is InChI=1S/C19H32N2/c1-14(2)19(21-8-6-7-9-21)13-20-12-18-11-16(4)15(3)10-17(18)5/h10-11,14,19-20H,6-9,12-13H2,1-5H3. The van der Waals surface area contributed by atoms with Crippen molar-refractivity contribution >= 4 is 0 Å². The Bertz CT molecular complexity index is 459. The molecule has 2 rings (SSSR count). The third kappa shape index (κ3) is 4.31. The number of rotatable bonds is 6. The molecule has 0 aromatic heterocycles. The molecule has 0 bridgehead atoms. The molecule has 1 aliphatic rings. The lowest BCUT2D eigenvalue weighted by atomic mass is 10.00. The highest BCUT2D eigenvalue weighted by Crippen LogP contribution is 2.18. The smallest absolute Gasteiger partial charge is 0.0243 e. The van der Waals surface area contributed by atoms with Crippen molar-refractivity contribution < 1.29 is 0 Å². The molecule has 21 heavy (non-hydrogen) atoms. The Morgan fingerprint density at radius 2 is 1.62 bits per heavy atom. The monoisotopic (exact) mass is 288 g/mol. The molecule has 0 amide bonds. The molecule has 118 valence electrons. The quantitative estimate of drug-likeness (QED) is 0.856. The summed E-state index contributed by atoms with van der Waals surface area (Å²) in [5.74, 6) is 0.719. The predicted molar refractivity (Wildman–Crippen MR) is 91.8 cm³/mol. The number of benzene rings is 1.